The van der Waals surface area contributed by atoms with E-state index in [9.17, 15) is 4.79 Å². The van der Waals surface area contributed by atoms with Gasteiger partial charge in [-0.3, -0.25) is 14.7 Å². The van der Waals surface area contributed by atoms with E-state index in [-0.39, 0.29) is 0 Å². The molecule has 33 heavy (non-hydrogen) atoms. The summed E-state index contributed by atoms with van der Waals surface area (Å²) >= 11 is 0. The molecule has 0 bridgehead atoms. The molecule has 1 saturated heterocycles. The van der Waals surface area contributed by atoms with Crippen molar-refractivity contribution in [2.24, 2.45) is 0 Å². The van der Waals surface area contributed by atoms with Crippen molar-refractivity contribution in [3.05, 3.63) is 87.7 Å². The highest BCUT2D eigenvalue weighted by atomic mass is 16.1. The van der Waals surface area contributed by atoms with Crippen molar-refractivity contribution in [1.29, 1.82) is 0 Å². The smallest absolute Gasteiger partial charge is 0.150 e. The summed E-state index contributed by atoms with van der Waals surface area (Å²) in [7, 11) is 0. The molecule has 2 heterocycles. The molecule has 0 atom stereocenters. The van der Waals surface area contributed by atoms with Gasteiger partial charge in [-0.15, -0.1) is 0 Å². The number of carbonyl (C=O) groups is 1. The zero-order valence-electron chi connectivity index (χ0n) is 20.6. The Morgan fingerprint density at radius 2 is 1.73 bits per heavy atom. The summed E-state index contributed by atoms with van der Waals surface area (Å²) in [5.41, 5.74) is 10.1. The number of hydrogen-bond acceptors (Lipinski definition) is 4. The standard InChI is InChI=1S/C29H35N3O/c1-20-7-6-8-28(15-20)32(29-17-26(19-33)21(2)16-22(29)3)27-11-13-31(14-12-27)18-25-10-9-23(4)30-24(25)5/h6-10,15-17,19,27H,11-14,18H2,1-5H3. The zero-order valence-corrected chi connectivity index (χ0v) is 20.6. The minimum absolute atomic E-state index is 0.390. The number of piperidine rings is 1. The molecule has 0 N–H and O–H groups in total. The van der Waals surface area contributed by atoms with Gasteiger partial charge < -0.3 is 4.90 Å². The second-order valence-electron chi connectivity index (χ2n) is 9.53. The van der Waals surface area contributed by atoms with Crippen LogP contribution in [0, 0.1) is 34.6 Å². The Kier molecular flexibility index (Phi) is 6.94. The van der Waals surface area contributed by atoms with Crippen LogP contribution >= 0.6 is 0 Å². The maximum Gasteiger partial charge on any atom is 0.150 e. The van der Waals surface area contributed by atoms with Gasteiger partial charge in [-0.2, -0.15) is 0 Å². The summed E-state index contributed by atoms with van der Waals surface area (Å²) in [6, 6.07) is 17.7. The molecule has 0 amide bonds. The SMILES string of the molecule is Cc1cccc(N(c2cc(C=O)c(C)cc2C)C2CCN(Cc3ccc(C)nc3C)CC2)c1. The average molecular weight is 442 g/mol. The third kappa shape index (κ3) is 5.17. The van der Waals surface area contributed by atoms with E-state index in [0.29, 0.717) is 6.04 Å². The number of hydrogen-bond donors (Lipinski definition) is 0. The molecule has 0 aliphatic carbocycles. The zero-order chi connectivity index (χ0) is 23.5. The summed E-state index contributed by atoms with van der Waals surface area (Å²) in [6.07, 6.45) is 3.14. The van der Waals surface area contributed by atoms with Crippen LogP contribution in [0.4, 0.5) is 11.4 Å². The lowest BCUT2D eigenvalue weighted by Gasteiger charge is -2.41. The summed E-state index contributed by atoms with van der Waals surface area (Å²) in [6.45, 7) is 13.5. The number of carbonyl (C=O) groups excluding carboxylic acids is 1. The van der Waals surface area contributed by atoms with Crippen molar-refractivity contribution in [1.82, 2.24) is 9.88 Å². The Labute approximate surface area is 198 Å². The number of aryl methyl sites for hydroxylation is 5. The Balaban J connectivity index is 1.60. The number of nitrogens with zero attached hydrogens (tertiary/aromatic N) is 3. The van der Waals surface area contributed by atoms with Gasteiger partial charge >= 0.3 is 0 Å². The van der Waals surface area contributed by atoms with Gasteiger partial charge in [0.15, 0.2) is 0 Å². The molecule has 4 nitrogen and oxygen atoms in total. The molecule has 3 aromatic rings. The molecule has 2 aromatic carbocycles. The fourth-order valence-electron chi connectivity index (χ4n) is 5.03. The molecule has 0 radical (unpaired) electrons. The highest BCUT2D eigenvalue weighted by Gasteiger charge is 2.28. The molecular weight excluding hydrogens is 406 g/mol. The highest BCUT2D eigenvalue weighted by molar-refractivity contribution is 5.82. The van der Waals surface area contributed by atoms with Crippen LogP contribution in [0.15, 0.2) is 48.5 Å². The van der Waals surface area contributed by atoms with Crippen molar-refractivity contribution in [2.45, 2.75) is 60.0 Å². The fourth-order valence-corrected chi connectivity index (χ4v) is 5.03. The minimum Gasteiger partial charge on any atom is -0.338 e. The molecular formula is C29H35N3O. The molecule has 0 saturated carbocycles. The number of aldehydes is 1. The third-order valence-corrected chi connectivity index (χ3v) is 6.90. The van der Waals surface area contributed by atoms with Crippen LogP contribution in [0.3, 0.4) is 0 Å². The lowest BCUT2D eigenvalue weighted by molar-refractivity contribution is 0.112. The van der Waals surface area contributed by atoms with Crippen molar-refractivity contribution in [3.63, 3.8) is 0 Å². The monoisotopic (exact) mass is 441 g/mol. The van der Waals surface area contributed by atoms with E-state index in [1.54, 1.807) is 0 Å². The second kappa shape index (κ2) is 9.88. The molecule has 0 spiro atoms. The first kappa shape index (κ1) is 23.2. The van der Waals surface area contributed by atoms with Gasteiger partial charge in [-0.1, -0.05) is 24.3 Å². The van der Waals surface area contributed by atoms with E-state index in [2.05, 4.69) is 84.1 Å². The van der Waals surface area contributed by atoms with Crippen LogP contribution in [0.1, 0.15) is 56.8 Å². The van der Waals surface area contributed by atoms with E-state index < -0.39 is 0 Å². The van der Waals surface area contributed by atoms with E-state index in [1.807, 2.05) is 13.8 Å². The topological polar surface area (TPSA) is 36.4 Å². The van der Waals surface area contributed by atoms with Crippen LogP contribution in [0.2, 0.25) is 0 Å². The van der Waals surface area contributed by atoms with Gasteiger partial charge in [0.25, 0.3) is 0 Å². The van der Waals surface area contributed by atoms with Crippen molar-refractivity contribution >= 4 is 17.7 Å². The quantitative estimate of drug-likeness (QED) is 0.424. The third-order valence-electron chi connectivity index (χ3n) is 6.90. The first-order chi connectivity index (χ1) is 15.9. The van der Waals surface area contributed by atoms with Crippen LogP contribution in [-0.2, 0) is 6.54 Å². The van der Waals surface area contributed by atoms with Crippen LogP contribution in [0.25, 0.3) is 0 Å². The van der Waals surface area contributed by atoms with E-state index in [0.717, 1.165) is 67.0 Å². The second-order valence-corrected chi connectivity index (χ2v) is 9.53. The number of likely N-dealkylation sites (tertiary alicyclic amines) is 1. The largest absolute Gasteiger partial charge is 0.338 e. The predicted molar refractivity (Wildman–Crippen MR) is 137 cm³/mol. The molecule has 4 rings (SSSR count). The molecule has 1 aromatic heterocycles. The summed E-state index contributed by atoms with van der Waals surface area (Å²) < 4.78 is 0. The summed E-state index contributed by atoms with van der Waals surface area (Å²) in [4.78, 5) is 21.4. The number of anilines is 2. The van der Waals surface area contributed by atoms with Gasteiger partial charge in [0.05, 0.1) is 0 Å². The van der Waals surface area contributed by atoms with E-state index in [1.165, 1.54) is 22.4 Å². The molecule has 1 fully saturated rings. The van der Waals surface area contributed by atoms with Gasteiger partial charge in [-0.05, 0) is 94.0 Å². The molecule has 1 aliphatic rings. The maximum atomic E-state index is 11.7. The van der Waals surface area contributed by atoms with Crippen molar-refractivity contribution in [2.75, 3.05) is 18.0 Å². The lowest BCUT2D eigenvalue weighted by Crippen LogP contribution is -2.43. The normalized spacial score (nSPS) is 14.9. The number of rotatable bonds is 6. The van der Waals surface area contributed by atoms with E-state index in [4.69, 9.17) is 0 Å². The van der Waals surface area contributed by atoms with Crippen molar-refractivity contribution in [3.8, 4) is 0 Å². The Morgan fingerprint density at radius 3 is 2.39 bits per heavy atom. The van der Waals surface area contributed by atoms with Gasteiger partial charge in [0.1, 0.15) is 6.29 Å². The molecule has 4 heteroatoms. The molecule has 0 unspecified atom stereocenters. The molecule has 1 aliphatic heterocycles. The fraction of sp³-hybridized carbons (Fsp3) is 0.379. The first-order valence-electron chi connectivity index (χ1n) is 11.9. The number of pyridine rings is 1. The van der Waals surface area contributed by atoms with E-state index >= 15 is 0 Å². The van der Waals surface area contributed by atoms with Gasteiger partial charge in [0.2, 0.25) is 0 Å². The highest BCUT2D eigenvalue weighted by Crippen LogP contribution is 2.36. The van der Waals surface area contributed by atoms with Crippen LogP contribution < -0.4 is 4.90 Å². The van der Waals surface area contributed by atoms with Crippen molar-refractivity contribution < 1.29 is 4.79 Å². The summed E-state index contributed by atoms with van der Waals surface area (Å²) in [5.74, 6) is 0. The summed E-state index contributed by atoms with van der Waals surface area (Å²) in [5, 5.41) is 0. The number of aromatic nitrogens is 1. The van der Waals surface area contributed by atoms with Gasteiger partial charge in [-0.25, -0.2) is 0 Å². The Hall–Kier alpha value is -2.98. The Bertz CT molecular complexity index is 1150. The average Bonchev–Trinajstić information content (AvgIpc) is 2.78. The lowest BCUT2D eigenvalue weighted by atomic mass is 9.97. The maximum absolute atomic E-state index is 11.7. The Morgan fingerprint density at radius 1 is 0.970 bits per heavy atom. The first-order valence-corrected chi connectivity index (χ1v) is 11.9. The predicted octanol–water partition coefficient (Wildman–Crippen LogP) is 6.24. The van der Waals surface area contributed by atoms with Crippen LogP contribution in [-0.4, -0.2) is 35.3 Å². The number of benzene rings is 2. The molecule has 172 valence electrons. The minimum atomic E-state index is 0.390. The van der Waals surface area contributed by atoms with Gasteiger partial charge in [0, 0.05) is 54.0 Å². The van der Waals surface area contributed by atoms with Crippen LogP contribution in [0.5, 0.6) is 0 Å².